The molecule has 0 aliphatic carbocycles. The minimum absolute atomic E-state index is 0.159. The number of hydrogen-bond donors (Lipinski definition) is 2. The lowest BCUT2D eigenvalue weighted by Crippen LogP contribution is -2.40. The Morgan fingerprint density at radius 1 is 0.372 bits per heavy atom. The molecule has 0 radical (unpaired) electrons. The molecule has 5 heteroatoms. The Morgan fingerprint density at radius 2 is 0.581 bits per heavy atom. The number of ether oxygens (including phenoxy) is 1. The van der Waals surface area contributed by atoms with Gasteiger partial charge in [0.25, 0.3) is 0 Å². The zero-order valence-corrected chi connectivity index (χ0v) is 30.5. The maximum atomic E-state index is 10.5. The number of alkyl halides is 2. The van der Waals surface area contributed by atoms with Gasteiger partial charge < -0.3 is 14.9 Å². The molecule has 4 atom stereocenters. The summed E-state index contributed by atoms with van der Waals surface area (Å²) in [6, 6.07) is 0. The fourth-order valence-corrected chi connectivity index (χ4v) is 6.60. The van der Waals surface area contributed by atoms with E-state index in [0.29, 0.717) is 0 Å². The lowest BCUT2D eigenvalue weighted by molar-refractivity contribution is -0.112. The van der Waals surface area contributed by atoms with E-state index >= 15 is 0 Å². The zero-order chi connectivity index (χ0) is 31.6. The van der Waals surface area contributed by atoms with Crippen molar-refractivity contribution in [2.75, 3.05) is 11.8 Å². The van der Waals surface area contributed by atoms with Crippen LogP contribution in [0.25, 0.3) is 0 Å². The number of hydrogen-bond acceptors (Lipinski definition) is 3. The predicted octanol–water partition coefficient (Wildman–Crippen LogP) is 12.7. The third kappa shape index (κ3) is 29.6. The van der Waals surface area contributed by atoms with Gasteiger partial charge in [0.15, 0.2) is 0 Å². The molecule has 0 spiro atoms. The number of halogens is 2. The van der Waals surface area contributed by atoms with Crippen LogP contribution in [0.2, 0.25) is 0 Å². The van der Waals surface area contributed by atoms with Crippen molar-refractivity contribution in [2.45, 2.75) is 231 Å². The molecule has 0 bridgehead atoms. The van der Waals surface area contributed by atoms with Crippen molar-refractivity contribution in [3.05, 3.63) is 0 Å². The van der Waals surface area contributed by atoms with Crippen LogP contribution in [0.3, 0.4) is 0 Å². The molecule has 3 nitrogen and oxygen atoms in total. The summed E-state index contributed by atoms with van der Waals surface area (Å²) in [6.45, 7) is 4.56. The van der Waals surface area contributed by atoms with Crippen LogP contribution < -0.4 is 0 Å². The second-order valence-corrected chi connectivity index (χ2v) is 14.0. The van der Waals surface area contributed by atoms with Gasteiger partial charge in [-0.25, -0.2) is 0 Å². The van der Waals surface area contributed by atoms with Gasteiger partial charge in [0, 0.05) is 0 Å². The van der Waals surface area contributed by atoms with Crippen molar-refractivity contribution in [2.24, 2.45) is 0 Å². The third-order valence-electron chi connectivity index (χ3n) is 9.21. The van der Waals surface area contributed by atoms with Crippen molar-refractivity contribution in [1.82, 2.24) is 0 Å². The normalized spacial score (nSPS) is 14.7. The summed E-state index contributed by atoms with van der Waals surface area (Å²) in [4.78, 5) is 0. The molecule has 0 aromatic rings. The molecule has 0 saturated heterocycles. The van der Waals surface area contributed by atoms with E-state index in [0.717, 1.165) is 38.5 Å². The lowest BCUT2D eigenvalue weighted by Gasteiger charge is -2.30. The van der Waals surface area contributed by atoms with Gasteiger partial charge in [-0.05, 0) is 12.8 Å². The van der Waals surface area contributed by atoms with Gasteiger partial charge in [-0.1, -0.05) is 194 Å². The van der Waals surface area contributed by atoms with E-state index in [4.69, 9.17) is 27.9 Å². The average Bonchev–Trinajstić information content (AvgIpc) is 3.02. The highest BCUT2D eigenvalue weighted by molar-refractivity contribution is 6.18. The molecule has 260 valence electrons. The molecule has 0 heterocycles. The summed E-state index contributed by atoms with van der Waals surface area (Å²) in [6.07, 6.45) is 36.7. The second kappa shape index (κ2) is 35.3. The Labute approximate surface area is 280 Å². The maximum Gasteiger partial charge on any atom is 0.0936 e. The van der Waals surface area contributed by atoms with E-state index in [2.05, 4.69) is 13.8 Å². The summed E-state index contributed by atoms with van der Waals surface area (Å²) in [5.41, 5.74) is 0. The molecule has 0 aliphatic rings. The van der Waals surface area contributed by atoms with Gasteiger partial charge in [-0.3, -0.25) is 0 Å². The first-order chi connectivity index (χ1) is 21.1. The van der Waals surface area contributed by atoms with Crippen LogP contribution >= 0.6 is 23.2 Å². The van der Waals surface area contributed by atoms with E-state index < -0.39 is 12.2 Å². The van der Waals surface area contributed by atoms with Crippen molar-refractivity contribution >= 4 is 23.2 Å². The second-order valence-electron chi connectivity index (χ2n) is 13.4. The molecule has 0 aromatic carbocycles. The first kappa shape index (κ1) is 43.5. The molecule has 4 unspecified atom stereocenters. The largest absolute Gasteiger partial charge is 0.389 e. The molecule has 2 N–H and O–H groups in total. The molecule has 0 fully saturated rings. The summed E-state index contributed by atoms with van der Waals surface area (Å²) in [5.74, 6) is 0.317. The summed E-state index contributed by atoms with van der Waals surface area (Å²) in [7, 11) is 0. The van der Waals surface area contributed by atoms with Crippen LogP contribution in [0.15, 0.2) is 0 Å². The van der Waals surface area contributed by atoms with Crippen LogP contribution in [0.4, 0.5) is 0 Å². The third-order valence-corrected chi connectivity index (χ3v) is 9.84. The van der Waals surface area contributed by atoms with Crippen molar-refractivity contribution in [3.63, 3.8) is 0 Å². The smallest absolute Gasteiger partial charge is 0.0936 e. The molecule has 0 amide bonds. The van der Waals surface area contributed by atoms with Gasteiger partial charge in [0.2, 0.25) is 0 Å². The van der Waals surface area contributed by atoms with Crippen molar-refractivity contribution in [3.8, 4) is 0 Å². The molecular weight excluding hydrogens is 575 g/mol. The zero-order valence-electron chi connectivity index (χ0n) is 29.0. The standard InChI is InChI=1S/C38H76Cl2O3/c1-3-5-7-9-11-13-15-17-19-21-23-25-27-29-31-37(35(41)33-39)43-38(36(42)34-40)32-30-28-26-24-22-20-18-16-14-12-10-8-6-4-2/h35-38,41-42H,3-34H2,1-2H3. The van der Waals surface area contributed by atoms with Crippen LogP contribution in [-0.4, -0.2) is 46.4 Å². The topological polar surface area (TPSA) is 49.7 Å². The predicted molar refractivity (Wildman–Crippen MR) is 192 cm³/mol. The summed E-state index contributed by atoms with van der Waals surface area (Å²) < 4.78 is 6.31. The minimum atomic E-state index is -0.704. The lowest BCUT2D eigenvalue weighted by atomic mass is 10.0. The van der Waals surface area contributed by atoms with Gasteiger partial charge in [0.05, 0.1) is 36.2 Å². The van der Waals surface area contributed by atoms with E-state index in [1.165, 1.54) is 154 Å². The van der Waals surface area contributed by atoms with E-state index in [1.807, 2.05) is 0 Å². The van der Waals surface area contributed by atoms with Gasteiger partial charge in [-0.15, -0.1) is 23.2 Å². The Morgan fingerprint density at radius 3 is 0.791 bits per heavy atom. The monoisotopic (exact) mass is 651 g/mol. The van der Waals surface area contributed by atoms with E-state index in [1.54, 1.807) is 0 Å². The highest BCUT2D eigenvalue weighted by Crippen LogP contribution is 2.22. The number of aliphatic hydroxyl groups excluding tert-OH is 2. The fourth-order valence-electron chi connectivity index (χ4n) is 6.21. The fraction of sp³-hybridized carbons (Fsp3) is 1.00. The molecular formula is C38H76Cl2O3. The highest BCUT2D eigenvalue weighted by Gasteiger charge is 2.27. The highest BCUT2D eigenvalue weighted by atomic mass is 35.5. The number of rotatable bonds is 36. The quantitative estimate of drug-likeness (QED) is 0.0523. The number of aliphatic hydroxyl groups is 2. The van der Waals surface area contributed by atoms with Gasteiger partial charge >= 0.3 is 0 Å². The van der Waals surface area contributed by atoms with Crippen LogP contribution in [0.5, 0.6) is 0 Å². The Kier molecular flexibility index (Phi) is 35.7. The van der Waals surface area contributed by atoms with Crippen LogP contribution in [0, 0.1) is 0 Å². The minimum Gasteiger partial charge on any atom is -0.389 e. The average molecular weight is 652 g/mol. The first-order valence-electron chi connectivity index (χ1n) is 19.2. The van der Waals surface area contributed by atoms with Gasteiger partial charge in [0.1, 0.15) is 0 Å². The Balaban J connectivity index is 4.00. The molecule has 0 rings (SSSR count). The molecule has 43 heavy (non-hydrogen) atoms. The molecule has 0 aromatic heterocycles. The van der Waals surface area contributed by atoms with Crippen molar-refractivity contribution in [1.29, 1.82) is 0 Å². The first-order valence-corrected chi connectivity index (χ1v) is 20.3. The van der Waals surface area contributed by atoms with E-state index in [-0.39, 0.29) is 24.0 Å². The van der Waals surface area contributed by atoms with Crippen LogP contribution in [0.1, 0.15) is 206 Å². The van der Waals surface area contributed by atoms with Gasteiger partial charge in [-0.2, -0.15) is 0 Å². The summed E-state index contributed by atoms with van der Waals surface area (Å²) >= 11 is 12.1. The molecule has 0 aliphatic heterocycles. The maximum absolute atomic E-state index is 10.5. The summed E-state index contributed by atoms with van der Waals surface area (Å²) in [5, 5.41) is 21.1. The molecule has 0 saturated carbocycles. The van der Waals surface area contributed by atoms with E-state index in [9.17, 15) is 10.2 Å². The SMILES string of the molecule is CCCCCCCCCCCCCCCCC(OC(CCCCCCCCCCCCCCCC)C(O)CCl)C(O)CCl. The Bertz CT molecular complexity index is 477. The Hall–Kier alpha value is 0.460. The number of unbranched alkanes of at least 4 members (excludes halogenated alkanes) is 26. The van der Waals surface area contributed by atoms with Crippen molar-refractivity contribution < 1.29 is 14.9 Å². The van der Waals surface area contributed by atoms with Crippen LogP contribution in [-0.2, 0) is 4.74 Å².